The van der Waals surface area contributed by atoms with Gasteiger partial charge in [-0.1, -0.05) is 12.1 Å². The summed E-state index contributed by atoms with van der Waals surface area (Å²) in [5.41, 5.74) is -0.549. The second-order valence-corrected chi connectivity index (χ2v) is 6.92. The van der Waals surface area contributed by atoms with Crippen LogP contribution in [-0.2, 0) is 17.4 Å². The van der Waals surface area contributed by atoms with Gasteiger partial charge in [0.1, 0.15) is 17.3 Å². The van der Waals surface area contributed by atoms with Crippen molar-refractivity contribution in [1.82, 2.24) is 0 Å². The average Bonchev–Trinajstić information content (AvgIpc) is 3.15. The van der Waals surface area contributed by atoms with Gasteiger partial charge in [0, 0.05) is 32.6 Å². The molecule has 0 aliphatic rings. The maximum Gasteiger partial charge on any atom is 0.418 e. The lowest BCUT2D eigenvalue weighted by Gasteiger charge is -2.18. The molecule has 1 amide bonds. The summed E-state index contributed by atoms with van der Waals surface area (Å²) in [7, 11) is 3.26. The van der Waals surface area contributed by atoms with Crippen LogP contribution in [0.5, 0.6) is 0 Å². The van der Waals surface area contributed by atoms with Gasteiger partial charge >= 0.3 is 6.18 Å². The van der Waals surface area contributed by atoms with Gasteiger partial charge in [-0.2, -0.15) is 13.2 Å². The molecule has 0 aliphatic heterocycles. The Labute approximate surface area is 171 Å². The Kier molecular flexibility index (Phi) is 6.14. The second-order valence-electron chi connectivity index (χ2n) is 6.92. The van der Waals surface area contributed by atoms with Gasteiger partial charge in [-0.25, -0.2) is 4.39 Å². The zero-order valence-electron chi connectivity index (χ0n) is 16.4. The van der Waals surface area contributed by atoms with E-state index in [-0.39, 0.29) is 18.5 Å². The Morgan fingerprint density at radius 1 is 1.07 bits per heavy atom. The van der Waals surface area contributed by atoms with Crippen LogP contribution in [0.15, 0.2) is 59.0 Å². The number of anilines is 2. The number of amides is 1. The number of carbonyl (C=O) groups is 1. The summed E-state index contributed by atoms with van der Waals surface area (Å²) in [4.78, 5) is 13.8. The lowest BCUT2D eigenvalue weighted by molar-refractivity contribution is -0.136. The minimum absolute atomic E-state index is 0.0864. The van der Waals surface area contributed by atoms with Crippen LogP contribution >= 0.6 is 0 Å². The number of nitrogens with one attached hydrogen (secondary N) is 1. The van der Waals surface area contributed by atoms with Crippen molar-refractivity contribution in [3.05, 3.63) is 71.7 Å². The van der Waals surface area contributed by atoms with Crippen LogP contribution in [0.25, 0.3) is 11.3 Å². The molecule has 0 saturated carbocycles. The van der Waals surface area contributed by atoms with Crippen LogP contribution < -0.4 is 10.2 Å². The number of furan rings is 1. The van der Waals surface area contributed by atoms with Gasteiger partial charge in [0.2, 0.25) is 5.91 Å². The summed E-state index contributed by atoms with van der Waals surface area (Å²) in [6.45, 7) is 0. The molecular formula is C22H20F4N2O2. The highest BCUT2D eigenvalue weighted by molar-refractivity contribution is 5.92. The molecule has 2 aromatic carbocycles. The minimum Gasteiger partial charge on any atom is -0.461 e. The van der Waals surface area contributed by atoms with Gasteiger partial charge < -0.3 is 14.6 Å². The van der Waals surface area contributed by atoms with Crippen molar-refractivity contribution in [1.29, 1.82) is 0 Å². The van der Waals surface area contributed by atoms with Gasteiger partial charge in [-0.3, -0.25) is 4.79 Å². The van der Waals surface area contributed by atoms with E-state index in [1.165, 1.54) is 18.2 Å². The number of benzene rings is 2. The Balaban J connectivity index is 1.68. The topological polar surface area (TPSA) is 45.5 Å². The Morgan fingerprint density at radius 2 is 1.80 bits per heavy atom. The monoisotopic (exact) mass is 420 g/mol. The van der Waals surface area contributed by atoms with E-state index in [1.807, 2.05) is 0 Å². The first kappa shape index (κ1) is 21.4. The molecule has 3 rings (SSSR count). The van der Waals surface area contributed by atoms with Crippen molar-refractivity contribution < 1.29 is 26.8 Å². The number of hydrogen-bond donors (Lipinski definition) is 1. The SMILES string of the molecule is CN(C)c1ccc(NC(=O)CCc2ccc(-c3ccccc3F)o2)c(C(F)(F)F)c1. The zero-order chi connectivity index (χ0) is 21.9. The molecule has 0 aliphatic carbocycles. The maximum atomic E-state index is 13.8. The lowest BCUT2D eigenvalue weighted by Crippen LogP contribution is -2.18. The Hall–Kier alpha value is -3.29. The van der Waals surface area contributed by atoms with Crippen molar-refractivity contribution >= 4 is 17.3 Å². The van der Waals surface area contributed by atoms with Gasteiger partial charge in [0.05, 0.1) is 16.8 Å². The molecule has 1 aromatic heterocycles. The number of carbonyl (C=O) groups excluding carboxylic acids is 1. The van der Waals surface area contributed by atoms with E-state index in [1.54, 1.807) is 49.3 Å². The molecular weight excluding hydrogens is 400 g/mol. The third-order valence-corrected chi connectivity index (χ3v) is 4.50. The standard InChI is InChI=1S/C22H20F4N2O2/c1-28(2)14-7-10-19(17(13-14)22(24,25)26)27-21(29)12-9-15-8-11-20(30-15)16-5-3-4-6-18(16)23/h3-8,10-11,13H,9,12H2,1-2H3,(H,27,29). The van der Waals surface area contributed by atoms with Crippen LogP contribution in [0.1, 0.15) is 17.7 Å². The molecule has 0 spiro atoms. The highest BCUT2D eigenvalue weighted by Crippen LogP contribution is 2.37. The third-order valence-electron chi connectivity index (χ3n) is 4.50. The van der Waals surface area contributed by atoms with E-state index in [2.05, 4.69) is 5.32 Å². The number of rotatable bonds is 6. The molecule has 1 N–H and O–H groups in total. The van der Waals surface area contributed by atoms with Crippen LogP contribution in [0, 0.1) is 5.82 Å². The minimum atomic E-state index is -4.61. The quantitative estimate of drug-likeness (QED) is 0.517. The normalized spacial score (nSPS) is 11.4. The molecule has 0 atom stereocenters. The van der Waals surface area contributed by atoms with E-state index in [4.69, 9.17) is 4.42 Å². The first-order valence-electron chi connectivity index (χ1n) is 9.17. The van der Waals surface area contributed by atoms with Crippen LogP contribution in [-0.4, -0.2) is 20.0 Å². The Morgan fingerprint density at radius 3 is 2.47 bits per heavy atom. The summed E-state index contributed by atoms with van der Waals surface area (Å²) in [6.07, 6.45) is -4.53. The summed E-state index contributed by atoms with van der Waals surface area (Å²) >= 11 is 0. The highest BCUT2D eigenvalue weighted by atomic mass is 19.4. The number of halogens is 4. The second kappa shape index (κ2) is 8.61. The van der Waals surface area contributed by atoms with Crippen molar-refractivity contribution in [2.45, 2.75) is 19.0 Å². The number of hydrogen-bond acceptors (Lipinski definition) is 3. The predicted molar refractivity (Wildman–Crippen MR) is 107 cm³/mol. The first-order valence-corrected chi connectivity index (χ1v) is 9.17. The van der Waals surface area contributed by atoms with Crippen molar-refractivity contribution in [3.8, 4) is 11.3 Å². The first-order chi connectivity index (χ1) is 14.1. The van der Waals surface area contributed by atoms with E-state index >= 15 is 0 Å². The van der Waals surface area contributed by atoms with Crippen molar-refractivity contribution in [3.63, 3.8) is 0 Å². The van der Waals surface area contributed by atoms with E-state index in [9.17, 15) is 22.4 Å². The smallest absolute Gasteiger partial charge is 0.418 e. The van der Waals surface area contributed by atoms with E-state index in [0.717, 1.165) is 6.07 Å². The molecule has 0 saturated heterocycles. The molecule has 158 valence electrons. The average molecular weight is 420 g/mol. The molecule has 3 aromatic rings. The fourth-order valence-electron chi connectivity index (χ4n) is 2.92. The fourth-order valence-corrected chi connectivity index (χ4v) is 2.92. The third kappa shape index (κ3) is 5.00. The van der Waals surface area contributed by atoms with Gasteiger partial charge in [0.15, 0.2) is 0 Å². The van der Waals surface area contributed by atoms with Gasteiger partial charge in [0.25, 0.3) is 0 Å². The fraction of sp³-hybridized carbons (Fsp3) is 0.227. The summed E-state index contributed by atoms with van der Waals surface area (Å²) in [6, 6.07) is 13.0. The van der Waals surface area contributed by atoms with E-state index in [0.29, 0.717) is 22.8 Å². The van der Waals surface area contributed by atoms with Crippen molar-refractivity contribution in [2.24, 2.45) is 0 Å². The molecule has 0 bridgehead atoms. The predicted octanol–water partition coefficient (Wildman–Crippen LogP) is 5.74. The molecule has 8 heteroatoms. The molecule has 0 radical (unpaired) electrons. The highest BCUT2D eigenvalue weighted by Gasteiger charge is 2.34. The molecule has 0 unspecified atom stereocenters. The number of alkyl halides is 3. The van der Waals surface area contributed by atoms with Gasteiger partial charge in [-0.05, 0) is 42.5 Å². The summed E-state index contributed by atoms with van der Waals surface area (Å²) < 4.78 is 59.5. The maximum absolute atomic E-state index is 13.8. The van der Waals surface area contributed by atoms with Gasteiger partial charge in [-0.15, -0.1) is 0 Å². The largest absolute Gasteiger partial charge is 0.461 e. The summed E-state index contributed by atoms with van der Waals surface area (Å²) in [5, 5.41) is 2.32. The summed E-state index contributed by atoms with van der Waals surface area (Å²) in [5.74, 6) is -0.261. The van der Waals surface area contributed by atoms with Crippen molar-refractivity contribution in [2.75, 3.05) is 24.3 Å². The Bertz CT molecular complexity index is 1040. The van der Waals surface area contributed by atoms with E-state index < -0.39 is 23.5 Å². The molecule has 30 heavy (non-hydrogen) atoms. The van der Waals surface area contributed by atoms with Crippen LogP contribution in [0.3, 0.4) is 0 Å². The number of nitrogens with zero attached hydrogens (tertiary/aromatic N) is 1. The van der Waals surface area contributed by atoms with Crippen LogP contribution in [0.4, 0.5) is 28.9 Å². The number of aryl methyl sites for hydroxylation is 1. The van der Waals surface area contributed by atoms with Crippen LogP contribution in [0.2, 0.25) is 0 Å². The molecule has 1 heterocycles. The zero-order valence-corrected chi connectivity index (χ0v) is 16.4. The lowest BCUT2D eigenvalue weighted by atomic mass is 10.1. The molecule has 0 fully saturated rings. The molecule has 4 nitrogen and oxygen atoms in total.